The van der Waals surface area contributed by atoms with E-state index in [9.17, 15) is 4.79 Å². The van der Waals surface area contributed by atoms with E-state index in [0.717, 1.165) is 47.7 Å². The van der Waals surface area contributed by atoms with Crippen LogP contribution in [0.1, 0.15) is 63.4 Å². The van der Waals surface area contributed by atoms with Crippen LogP contribution in [0.15, 0.2) is 72.8 Å². The van der Waals surface area contributed by atoms with Crippen molar-refractivity contribution >= 4 is 22.6 Å². The van der Waals surface area contributed by atoms with Gasteiger partial charge in [0.2, 0.25) is 5.91 Å². The van der Waals surface area contributed by atoms with Crippen LogP contribution in [0.3, 0.4) is 0 Å². The van der Waals surface area contributed by atoms with Gasteiger partial charge in [-0.25, -0.2) is 4.98 Å². The summed E-state index contributed by atoms with van der Waals surface area (Å²) in [7, 11) is 0. The van der Waals surface area contributed by atoms with Gasteiger partial charge in [0.1, 0.15) is 11.6 Å². The van der Waals surface area contributed by atoms with Crippen molar-refractivity contribution in [1.29, 1.82) is 0 Å². The van der Waals surface area contributed by atoms with Gasteiger partial charge < -0.3 is 14.2 Å². The number of hydrogen-bond donors (Lipinski definition) is 0. The third kappa shape index (κ3) is 5.27. The third-order valence-electron chi connectivity index (χ3n) is 7.35. The van der Waals surface area contributed by atoms with Crippen LogP contribution in [-0.2, 0) is 23.2 Å². The van der Waals surface area contributed by atoms with Gasteiger partial charge in [0.15, 0.2) is 0 Å². The molecule has 1 amide bonds. The Kier molecular flexibility index (Phi) is 7.05. The minimum atomic E-state index is 0.0654. The molecule has 1 unspecified atom stereocenters. The van der Waals surface area contributed by atoms with E-state index in [1.807, 2.05) is 23.1 Å². The van der Waals surface area contributed by atoms with Gasteiger partial charge in [0, 0.05) is 31.1 Å². The monoisotopic (exact) mass is 495 g/mol. The lowest BCUT2D eigenvalue weighted by molar-refractivity contribution is -0.117. The predicted molar refractivity (Wildman–Crippen MR) is 151 cm³/mol. The van der Waals surface area contributed by atoms with Crippen molar-refractivity contribution in [3.8, 4) is 5.75 Å². The summed E-state index contributed by atoms with van der Waals surface area (Å²) < 4.78 is 8.37. The Morgan fingerprint density at radius 3 is 2.46 bits per heavy atom. The van der Waals surface area contributed by atoms with Crippen LogP contribution in [0, 0.1) is 0 Å². The first-order chi connectivity index (χ1) is 17.8. The molecule has 37 heavy (non-hydrogen) atoms. The fourth-order valence-corrected chi connectivity index (χ4v) is 5.29. The largest absolute Gasteiger partial charge is 0.494 e. The molecule has 1 aliphatic rings. The molecule has 192 valence electrons. The number of hydrogen-bond acceptors (Lipinski definition) is 3. The lowest BCUT2D eigenvalue weighted by atomic mass is 9.87. The molecule has 3 aromatic carbocycles. The number of imidazole rings is 1. The number of aryl methyl sites for hydroxylation is 2. The Bertz CT molecular complexity index is 1380. The van der Waals surface area contributed by atoms with E-state index in [4.69, 9.17) is 9.72 Å². The quantitative estimate of drug-likeness (QED) is 0.250. The van der Waals surface area contributed by atoms with Gasteiger partial charge in [-0.15, -0.1) is 0 Å². The molecule has 5 nitrogen and oxygen atoms in total. The maximum Gasteiger partial charge on any atom is 0.227 e. The summed E-state index contributed by atoms with van der Waals surface area (Å²) >= 11 is 0. The van der Waals surface area contributed by atoms with E-state index in [0.29, 0.717) is 19.6 Å². The van der Waals surface area contributed by atoms with Crippen LogP contribution in [0.4, 0.5) is 5.69 Å². The van der Waals surface area contributed by atoms with Crippen LogP contribution in [0.2, 0.25) is 0 Å². The minimum absolute atomic E-state index is 0.0654. The van der Waals surface area contributed by atoms with Crippen molar-refractivity contribution in [2.75, 3.05) is 18.1 Å². The second-order valence-electron chi connectivity index (χ2n) is 11.0. The van der Waals surface area contributed by atoms with Gasteiger partial charge in [0.25, 0.3) is 0 Å². The highest BCUT2D eigenvalue weighted by molar-refractivity contribution is 5.97. The number of benzene rings is 3. The van der Waals surface area contributed by atoms with E-state index in [-0.39, 0.29) is 17.2 Å². The summed E-state index contributed by atoms with van der Waals surface area (Å²) in [4.78, 5) is 20.1. The van der Waals surface area contributed by atoms with Crippen LogP contribution < -0.4 is 9.64 Å². The van der Waals surface area contributed by atoms with Crippen molar-refractivity contribution in [1.82, 2.24) is 9.55 Å². The molecule has 0 radical (unpaired) electrons. The molecule has 0 spiro atoms. The normalized spacial score (nSPS) is 16.1. The zero-order chi connectivity index (χ0) is 26.0. The number of ether oxygens (including phenoxy) is 1. The van der Waals surface area contributed by atoms with Crippen molar-refractivity contribution in [3.63, 3.8) is 0 Å². The molecular formula is C32H37N3O2. The van der Waals surface area contributed by atoms with Crippen LogP contribution in [0.25, 0.3) is 11.0 Å². The number of fused-ring (bicyclic) bond motifs is 1. The average molecular weight is 496 g/mol. The van der Waals surface area contributed by atoms with E-state index in [1.165, 1.54) is 11.1 Å². The second kappa shape index (κ2) is 10.4. The standard InChI is InChI=1S/C32H37N3O2/c1-5-23-11-6-8-13-28(23)35-22-24(21-30(35)36)31-33-27-12-7-9-14-29(27)34(31)19-10-20-37-26-17-15-25(16-18-26)32(2,3)4/h6-9,11-18,24H,5,10,19-22H2,1-4H3. The molecule has 2 heterocycles. The Morgan fingerprint density at radius 2 is 1.70 bits per heavy atom. The zero-order valence-corrected chi connectivity index (χ0v) is 22.4. The maximum atomic E-state index is 13.1. The number of aromatic nitrogens is 2. The molecule has 0 aliphatic carbocycles. The number of para-hydroxylation sites is 3. The number of nitrogens with zero attached hydrogens (tertiary/aromatic N) is 3. The summed E-state index contributed by atoms with van der Waals surface area (Å²) in [6.45, 7) is 10.9. The first-order valence-electron chi connectivity index (χ1n) is 13.4. The molecule has 5 heteroatoms. The Morgan fingerprint density at radius 1 is 0.973 bits per heavy atom. The molecule has 1 fully saturated rings. The molecule has 1 atom stereocenters. The summed E-state index contributed by atoms with van der Waals surface area (Å²) in [5.41, 5.74) is 5.77. The average Bonchev–Trinajstić information content (AvgIpc) is 3.46. The lowest BCUT2D eigenvalue weighted by Crippen LogP contribution is -2.25. The van der Waals surface area contributed by atoms with E-state index in [1.54, 1.807) is 0 Å². The molecule has 5 rings (SSSR count). The van der Waals surface area contributed by atoms with Crippen molar-refractivity contribution in [3.05, 3.63) is 89.7 Å². The minimum Gasteiger partial charge on any atom is -0.494 e. The number of amides is 1. The Balaban J connectivity index is 1.31. The fraction of sp³-hybridized carbons (Fsp3) is 0.375. The third-order valence-corrected chi connectivity index (χ3v) is 7.35. The van der Waals surface area contributed by atoms with E-state index >= 15 is 0 Å². The smallest absolute Gasteiger partial charge is 0.227 e. The number of anilines is 1. The van der Waals surface area contributed by atoms with Crippen molar-refractivity contribution in [2.24, 2.45) is 0 Å². The summed E-state index contributed by atoms with van der Waals surface area (Å²) in [5.74, 6) is 2.14. The number of rotatable bonds is 8. The van der Waals surface area contributed by atoms with Gasteiger partial charge in [-0.1, -0.05) is 70.2 Å². The highest BCUT2D eigenvalue weighted by Crippen LogP contribution is 2.35. The van der Waals surface area contributed by atoms with Crippen molar-refractivity contribution < 1.29 is 9.53 Å². The van der Waals surface area contributed by atoms with Crippen molar-refractivity contribution in [2.45, 2.75) is 64.8 Å². The fourth-order valence-electron chi connectivity index (χ4n) is 5.29. The summed E-state index contributed by atoms with van der Waals surface area (Å²) in [6.07, 6.45) is 2.25. The zero-order valence-electron chi connectivity index (χ0n) is 22.4. The van der Waals surface area contributed by atoms with Gasteiger partial charge in [-0.3, -0.25) is 4.79 Å². The second-order valence-corrected chi connectivity index (χ2v) is 11.0. The van der Waals surface area contributed by atoms with E-state index < -0.39 is 0 Å². The molecule has 0 N–H and O–H groups in total. The molecule has 1 aliphatic heterocycles. The first kappa shape index (κ1) is 25.1. The molecule has 4 aromatic rings. The topological polar surface area (TPSA) is 47.4 Å². The highest BCUT2D eigenvalue weighted by atomic mass is 16.5. The van der Waals surface area contributed by atoms with Gasteiger partial charge >= 0.3 is 0 Å². The Labute approximate surface area is 220 Å². The number of carbonyl (C=O) groups is 1. The summed E-state index contributed by atoms with van der Waals surface area (Å²) in [5, 5.41) is 0. The van der Waals surface area contributed by atoms with Crippen LogP contribution in [-0.4, -0.2) is 28.6 Å². The van der Waals surface area contributed by atoms with Crippen LogP contribution >= 0.6 is 0 Å². The molecular weight excluding hydrogens is 458 g/mol. The Hall–Kier alpha value is -3.60. The molecule has 0 saturated carbocycles. The number of carbonyl (C=O) groups excluding carboxylic acids is 1. The maximum absolute atomic E-state index is 13.1. The van der Waals surface area contributed by atoms with Gasteiger partial charge in [0.05, 0.1) is 17.6 Å². The van der Waals surface area contributed by atoms with Gasteiger partial charge in [-0.2, -0.15) is 0 Å². The van der Waals surface area contributed by atoms with Gasteiger partial charge in [-0.05, 0) is 59.7 Å². The molecule has 1 aromatic heterocycles. The predicted octanol–water partition coefficient (Wildman–Crippen LogP) is 6.89. The SMILES string of the molecule is CCc1ccccc1N1CC(c2nc3ccccc3n2CCCOc2ccc(C(C)(C)C)cc2)CC1=O. The first-order valence-corrected chi connectivity index (χ1v) is 13.4. The summed E-state index contributed by atoms with van der Waals surface area (Å²) in [6, 6.07) is 24.9. The van der Waals surface area contributed by atoms with Crippen LogP contribution in [0.5, 0.6) is 5.75 Å². The van der Waals surface area contributed by atoms with E-state index in [2.05, 4.69) is 86.9 Å². The molecule has 1 saturated heterocycles. The highest BCUT2D eigenvalue weighted by Gasteiger charge is 2.35. The lowest BCUT2D eigenvalue weighted by Gasteiger charge is -2.20. The molecule has 0 bridgehead atoms.